The van der Waals surface area contributed by atoms with Gasteiger partial charge in [0, 0.05) is 26.8 Å². The van der Waals surface area contributed by atoms with Crippen molar-refractivity contribution in [2.24, 2.45) is 4.99 Å². The summed E-state index contributed by atoms with van der Waals surface area (Å²) in [7, 11) is 3.99. The molecule has 4 nitrogen and oxygen atoms in total. The number of rotatable bonds is 5. The first-order valence-corrected chi connectivity index (χ1v) is 8.40. The van der Waals surface area contributed by atoms with Crippen molar-refractivity contribution in [3.8, 4) is 0 Å². The Kier molecular flexibility index (Phi) is 6.27. The van der Waals surface area contributed by atoms with E-state index in [0.717, 1.165) is 17.5 Å². The molecule has 1 heterocycles. The minimum absolute atomic E-state index is 0.644. The van der Waals surface area contributed by atoms with Gasteiger partial charge >= 0.3 is 0 Å². The van der Waals surface area contributed by atoms with Crippen molar-refractivity contribution in [2.75, 3.05) is 20.4 Å². The fourth-order valence-electron chi connectivity index (χ4n) is 1.96. The largest absolute Gasteiger partial charge is 0.352 e. The Morgan fingerprint density at radius 1 is 1.18 bits per heavy atom. The molecule has 1 aromatic carbocycles. The first-order chi connectivity index (χ1) is 10.7. The maximum atomic E-state index is 4.68. The zero-order valence-electron chi connectivity index (χ0n) is 13.3. The van der Waals surface area contributed by atoms with Crippen LogP contribution in [0, 0.1) is 0 Å². The van der Waals surface area contributed by atoms with E-state index in [0.29, 0.717) is 6.54 Å². The summed E-state index contributed by atoms with van der Waals surface area (Å²) in [6, 6.07) is 14.4. The lowest BCUT2D eigenvalue weighted by Crippen LogP contribution is -2.36. The Hall–Kier alpha value is -2.01. The van der Waals surface area contributed by atoms with E-state index in [1.54, 1.807) is 11.8 Å². The molecule has 2 aromatic rings. The average Bonchev–Trinajstić information content (AvgIpc) is 2.55. The molecule has 0 bridgehead atoms. The number of pyridine rings is 1. The third-order valence-electron chi connectivity index (χ3n) is 3.14. The lowest BCUT2D eigenvalue weighted by molar-refractivity contribution is 0.578. The van der Waals surface area contributed by atoms with Gasteiger partial charge in [0.1, 0.15) is 0 Å². The van der Waals surface area contributed by atoms with Gasteiger partial charge in [0.2, 0.25) is 0 Å². The second-order valence-electron chi connectivity index (χ2n) is 5.08. The Morgan fingerprint density at radius 2 is 1.95 bits per heavy atom. The van der Waals surface area contributed by atoms with Gasteiger partial charge in [-0.3, -0.25) is 0 Å². The molecule has 0 unspecified atom stereocenters. The monoisotopic (exact) mass is 314 g/mol. The molecule has 0 saturated heterocycles. The summed E-state index contributed by atoms with van der Waals surface area (Å²) in [6.07, 6.45) is 3.87. The summed E-state index contributed by atoms with van der Waals surface area (Å²) in [5, 5.41) is 4.41. The number of guanidine groups is 1. The van der Waals surface area contributed by atoms with Crippen molar-refractivity contribution in [1.29, 1.82) is 0 Å². The quantitative estimate of drug-likeness (QED) is 0.523. The van der Waals surface area contributed by atoms with Crippen LogP contribution in [0.25, 0.3) is 0 Å². The lowest BCUT2D eigenvalue weighted by Gasteiger charge is -2.17. The van der Waals surface area contributed by atoms with Crippen LogP contribution >= 0.6 is 11.8 Å². The highest BCUT2D eigenvalue weighted by Crippen LogP contribution is 2.13. The van der Waals surface area contributed by atoms with Crippen molar-refractivity contribution < 1.29 is 0 Å². The van der Waals surface area contributed by atoms with Crippen LogP contribution in [0.15, 0.2) is 58.7 Å². The maximum absolute atomic E-state index is 4.68. The van der Waals surface area contributed by atoms with Gasteiger partial charge in [-0.1, -0.05) is 30.3 Å². The highest BCUT2D eigenvalue weighted by molar-refractivity contribution is 7.98. The molecule has 0 aliphatic carbocycles. The third-order valence-corrected chi connectivity index (χ3v) is 3.78. The number of nitrogens with one attached hydrogen (secondary N) is 1. The predicted molar refractivity (Wildman–Crippen MR) is 94.1 cm³/mol. The lowest BCUT2D eigenvalue weighted by atomic mass is 10.2. The minimum atomic E-state index is 0.644. The standard InChI is InChI=1S/C17H22N4S/c1-21(2)17(19-12-14-7-5-4-6-8-14)20-13-15-9-10-18-16(11-15)22-3/h4-11H,12-13H2,1-3H3,(H,19,20). The van der Waals surface area contributed by atoms with Crippen molar-refractivity contribution >= 4 is 17.7 Å². The van der Waals surface area contributed by atoms with Gasteiger partial charge in [0.15, 0.2) is 5.96 Å². The molecule has 1 N–H and O–H groups in total. The number of aliphatic imine (C=N–C) groups is 1. The van der Waals surface area contributed by atoms with E-state index >= 15 is 0 Å². The fraction of sp³-hybridized carbons (Fsp3) is 0.294. The SMILES string of the molecule is CSc1cc(CN=C(NCc2ccccc2)N(C)C)ccn1. The number of aromatic nitrogens is 1. The second-order valence-corrected chi connectivity index (χ2v) is 5.91. The van der Waals surface area contributed by atoms with Crippen LogP contribution < -0.4 is 5.32 Å². The highest BCUT2D eigenvalue weighted by atomic mass is 32.2. The minimum Gasteiger partial charge on any atom is -0.352 e. The molecular weight excluding hydrogens is 292 g/mol. The summed E-state index contributed by atoms with van der Waals surface area (Å²) >= 11 is 1.65. The third kappa shape index (κ3) is 5.07. The Balaban J connectivity index is 2.00. The molecular formula is C17H22N4S. The summed E-state index contributed by atoms with van der Waals surface area (Å²) < 4.78 is 0. The number of benzene rings is 1. The van der Waals surface area contributed by atoms with E-state index in [4.69, 9.17) is 0 Å². The van der Waals surface area contributed by atoms with E-state index in [2.05, 4.69) is 33.5 Å². The van der Waals surface area contributed by atoms with Crippen LogP contribution in [0.2, 0.25) is 0 Å². The van der Waals surface area contributed by atoms with Crippen LogP contribution in [0.3, 0.4) is 0 Å². The Labute approximate surface area is 136 Å². The summed E-state index contributed by atoms with van der Waals surface area (Å²) in [4.78, 5) is 11.0. The normalized spacial score (nSPS) is 11.3. The Morgan fingerprint density at radius 3 is 2.64 bits per heavy atom. The van der Waals surface area contributed by atoms with Crippen LogP contribution in [0.5, 0.6) is 0 Å². The fourth-order valence-corrected chi connectivity index (χ4v) is 2.39. The van der Waals surface area contributed by atoms with Gasteiger partial charge in [-0.2, -0.15) is 0 Å². The molecule has 116 valence electrons. The van der Waals surface area contributed by atoms with Crippen LogP contribution in [-0.2, 0) is 13.1 Å². The number of hydrogen-bond acceptors (Lipinski definition) is 3. The highest BCUT2D eigenvalue weighted by Gasteiger charge is 2.02. The molecule has 0 spiro atoms. The van der Waals surface area contributed by atoms with Crippen molar-refractivity contribution in [1.82, 2.24) is 15.2 Å². The van der Waals surface area contributed by atoms with Gasteiger partial charge in [0.25, 0.3) is 0 Å². The second kappa shape index (κ2) is 8.44. The van der Waals surface area contributed by atoms with Crippen molar-refractivity contribution in [3.63, 3.8) is 0 Å². The Bertz CT molecular complexity index is 611. The van der Waals surface area contributed by atoms with E-state index < -0.39 is 0 Å². The molecule has 0 radical (unpaired) electrons. The van der Waals surface area contributed by atoms with Gasteiger partial charge in [0.05, 0.1) is 11.6 Å². The first kappa shape index (κ1) is 16.4. The first-order valence-electron chi connectivity index (χ1n) is 7.17. The van der Waals surface area contributed by atoms with E-state index in [9.17, 15) is 0 Å². The van der Waals surface area contributed by atoms with E-state index in [1.165, 1.54) is 11.1 Å². The van der Waals surface area contributed by atoms with Gasteiger partial charge in [-0.05, 0) is 29.5 Å². The van der Waals surface area contributed by atoms with E-state index in [-0.39, 0.29) is 0 Å². The number of hydrogen-bond donors (Lipinski definition) is 1. The van der Waals surface area contributed by atoms with Gasteiger partial charge < -0.3 is 10.2 Å². The average molecular weight is 314 g/mol. The molecule has 0 amide bonds. The number of nitrogens with zero attached hydrogens (tertiary/aromatic N) is 3. The van der Waals surface area contributed by atoms with Crippen molar-refractivity contribution in [3.05, 3.63) is 59.8 Å². The molecule has 2 rings (SSSR count). The summed E-state index contributed by atoms with van der Waals surface area (Å²) in [5.41, 5.74) is 2.41. The van der Waals surface area contributed by atoms with Gasteiger partial charge in [-0.15, -0.1) is 11.8 Å². The van der Waals surface area contributed by atoms with Gasteiger partial charge in [-0.25, -0.2) is 9.98 Å². The van der Waals surface area contributed by atoms with Crippen LogP contribution in [0.1, 0.15) is 11.1 Å². The molecule has 0 saturated carbocycles. The van der Waals surface area contributed by atoms with Crippen LogP contribution in [0.4, 0.5) is 0 Å². The topological polar surface area (TPSA) is 40.5 Å². The summed E-state index contributed by atoms with van der Waals surface area (Å²) in [6.45, 7) is 1.41. The number of thioether (sulfide) groups is 1. The molecule has 0 aliphatic rings. The molecule has 5 heteroatoms. The smallest absolute Gasteiger partial charge is 0.194 e. The molecule has 0 atom stereocenters. The molecule has 22 heavy (non-hydrogen) atoms. The molecule has 0 aliphatic heterocycles. The zero-order valence-corrected chi connectivity index (χ0v) is 14.1. The molecule has 1 aromatic heterocycles. The summed E-state index contributed by atoms with van der Waals surface area (Å²) in [5.74, 6) is 0.881. The van der Waals surface area contributed by atoms with E-state index in [1.807, 2.05) is 55.7 Å². The van der Waals surface area contributed by atoms with Crippen molar-refractivity contribution in [2.45, 2.75) is 18.1 Å². The molecule has 0 fully saturated rings. The predicted octanol–water partition coefficient (Wildman–Crippen LogP) is 3.01. The zero-order chi connectivity index (χ0) is 15.8. The maximum Gasteiger partial charge on any atom is 0.194 e. The van der Waals surface area contributed by atoms with Crippen LogP contribution in [-0.4, -0.2) is 36.2 Å².